The highest BCUT2D eigenvalue weighted by Crippen LogP contribution is 2.39. The number of nitrogens with one attached hydrogen (secondary N) is 2. The van der Waals surface area contributed by atoms with Crippen molar-refractivity contribution in [1.29, 1.82) is 0 Å². The van der Waals surface area contributed by atoms with Crippen LogP contribution in [0.1, 0.15) is 69.4 Å². The molecule has 1 spiro atoms. The van der Waals surface area contributed by atoms with Gasteiger partial charge < -0.3 is 9.88 Å². The van der Waals surface area contributed by atoms with Crippen molar-refractivity contribution in [2.24, 2.45) is 0 Å². The van der Waals surface area contributed by atoms with Gasteiger partial charge in [-0.15, -0.1) is 0 Å². The number of hydrogen-bond acceptors (Lipinski definition) is 3. The van der Waals surface area contributed by atoms with E-state index in [1.807, 2.05) is 11.8 Å². The van der Waals surface area contributed by atoms with Gasteiger partial charge in [0.25, 0.3) is 0 Å². The summed E-state index contributed by atoms with van der Waals surface area (Å²) in [5.74, 6) is 0.294. The number of aryl methyl sites for hydroxylation is 1. The molecule has 3 rings (SSSR count). The number of imidazole rings is 1. The minimum absolute atomic E-state index is 0.0617. The topological polar surface area (TPSA) is 61.0 Å². The summed E-state index contributed by atoms with van der Waals surface area (Å²) in [7, 11) is 0. The lowest BCUT2D eigenvalue weighted by Gasteiger charge is -2.31. The van der Waals surface area contributed by atoms with Crippen molar-refractivity contribution < 1.29 is 4.79 Å². The molecule has 2 heterocycles. The molecular weight excluding hydrogens is 264 g/mol. The van der Waals surface area contributed by atoms with Gasteiger partial charge in [-0.2, -0.15) is 0 Å². The Bertz CT molecular complexity index is 504. The summed E-state index contributed by atoms with van der Waals surface area (Å²) >= 11 is 0. The zero-order valence-corrected chi connectivity index (χ0v) is 13.1. The van der Waals surface area contributed by atoms with Crippen molar-refractivity contribution in [1.82, 2.24) is 20.2 Å². The Balaban J connectivity index is 1.89. The first kappa shape index (κ1) is 14.6. The quantitative estimate of drug-likeness (QED) is 0.896. The molecular formula is C16H26N4O. The molecule has 5 heteroatoms. The van der Waals surface area contributed by atoms with E-state index < -0.39 is 0 Å². The number of aromatic amines is 1. The fraction of sp³-hybridized carbons (Fsp3) is 0.750. The molecule has 2 aliphatic rings. The maximum atomic E-state index is 13.0. The van der Waals surface area contributed by atoms with Crippen molar-refractivity contribution in [3.63, 3.8) is 0 Å². The van der Waals surface area contributed by atoms with Crippen LogP contribution in [-0.2, 0) is 4.79 Å². The van der Waals surface area contributed by atoms with Crippen LogP contribution in [0.5, 0.6) is 0 Å². The van der Waals surface area contributed by atoms with Gasteiger partial charge in [0.05, 0.1) is 17.6 Å². The zero-order valence-electron chi connectivity index (χ0n) is 13.1. The second-order valence-corrected chi connectivity index (χ2v) is 6.45. The highest BCUT2D eigenvalue weighted by molar-refractivity contribution is 5.89. The number of H-pyrrole nitrogens is 1. The first-order valence-electron chi connectivity index (χ1n) is 8.26. The van der Waals surface area contributed by atoms with Crippen molar-refractivity contribution in [2.75, 3.05) is 6.54 Å². The molecule has 0 radical (unpaired) electrons. The largest absolute Gasteiger partial charge is 0.348 e. The average molecular weight is 290 g/mol. The number of aromatic nitrogens is 2. The summed E-state index contributed by atoms with van der Waals surface area (Å²) in [5.41, 5.74) is 1.69. The number of hydrogen-bond donors (Lipinski definition) is 2. The van der Waals surface area contributed by atoms with Gasteiger partial charge in [-0.05, 0) is 26.2 Å². The van der Waals surface area contributed by atoms with E-state index in [0.717, 1.165) is 56.5 Å². The average Bonchev–Trinajstić information content (AvgIpc) is 3.02. The Kier molecular flexibility index (Phi) is 4.02. The highest BCUT2D eigenvalue weighted by atomic mass is 16.2. The first-order valence-corrected chi connectivity index (χ1v) is 8.26. The normalized spacial score (nSPS) is 25.0. The molecule has 1 saturated carbocycles. The lowest BCUT2D eigenvalue weighted by Crippen LogP contribution is -2.48. The molecule has 21 heavy (non-hydrogen) atoms. The van der Waals surface area contributed by atoms with Gasteiger partial charge in [0.2, 0.25) is 5.91 Å². The minimum Gasteiger partial charge on any atom is -0.348 e. The molecule has 1 atom stereocenters. The van der Waals surface area contributed by atoms with Crippen LogP contribution in [0, 0.1) is 6.92 Å². The van der Waals surface area contributed by atoms with Crippen LogP contribution in [0.4, 0.5) is 0 Å². The lowest BCUT2D eigenvalue weighted by atomic mass is 9.81. The van der Waals surface area contributed by atoms with Gasteiger partial charge in [0, 0.05) is 12.2 Å². The highest BCUT2D eigenvalue weighted by Gasteiger charge is 2.52. The fourth-order valence-corrected chi connectivity index (χ4v) is 3.73. The number of carbonyl (C=O) groups excluding carboxylic acids is 1. The molecule has 2 N–H and O–H groups in total. The van der Waals surface area contributed by atoms with Crippen LogP contribution in [0.15, 0.2) is 6.33 Å². The molecule has 1 aliphatic carbocycles. The van der Waals surface area contributed by atoms with Crippen LogP contribution in [0.3, 0.4) is 0 Å². The maximum Gasteiger partial charge on any atom is 0.244 e. The zero-order chi connectivity index (χ0) is 14.9. The monoisotopic (exact) mass is 290 g/mol. The molecule has 0 unspecified atom stereocenters. The van der Waals surface area contributed by atoms with Gasteiger partial charge in [-0.3, -0.25) is 10.1 Å². The lowest BCUT2D eigenvalue weighted by molar-refractivity contribution is -0.134. The Morgan fingerprint density at radius 2 is 2.14 bits per heavy atom. The number of carbonyl (C=O) groups is 1. The third-order valence-electron chi connectivity index (χ3n) is 4.98. The Morgan fingerprint density at radius 3 is 2.76 bits per heavy atom. The summed E-state index contributed by atoms with van der Waals surface area (Å²) < 4.78 is 0. The predicted molar refractivity (Wildman–Crippen MR) is 81.6 cm³/mol. The van der Waals surface area contributed by atoms with E-state index in [0.29, 0.717) is 5.91 Å². The standard InChI is InChI=1S/C16H26N4O/c1-3-4-10-20-14(13-12(2)17-11-18-13)19-16(15(20)21)8-6-5-7-9-16/h11,14,19H,3-10H2,1-2H3,(H,17,18)/t14-/m0/s1. The smallest absolute Gasteiger partial charge is 0.244 e. The second kappa shape index (κ2) is 5.79. The van der Waals surface area contributed by atoms with Crippen molar-refractivity contribution in [3.05, 3.63) is 17.7 Å². The van der Waals surface area contributed by atoms with Crippen molar-refractivity contribution in [3.8, 4) is 0 Å². The van der Waals surface area contributed by atoms with E-state index in [1.165, 1.54) is 6.42 Å². The van der Waals surface area contributed by atoms with Crippen LogP contribution in [0.25, 0.3) is 0 Å². The van der Waals surface area contributed by atoms with E-state index in [2.05, 4.69) is 22.2 Å². The second-order valence-electron chi connectivity index (χ2n) is 6.45. The molecule has 2 fully saturated rings. The third kappa shape index (κ3) is 2.48. The number of nitrogens with zero attached hydrogens (tertiary/aromatic N) is 2. The van der Waals surface area contributed by atoms with E-state index in [4.69, 9.17) is 0 Å². The van der Waals surface area contributed by atoms with Gasteiger partial charge in [0.1, 0.15) is 6.17 Å². The molecule has 1 amide bonds. The SMILES string of the molecule is CCCCN1C(=O)C2(CCCCC2)N[C@@H]1c1nc[nH]c1C. The van der Waals surface area contributed by atoms with Gasteiger partial charge in [-0.1, -0.05) is 32.6 Å². The van der Waals surface area contributed by atoms with Crippen molar-refractivity contribution >= 4 is 5.91 Å². The van der Waals surface area contributed by atoms with Crippen LogP contribution in [-0.4, -0.2) is 32.9 Å². The summed E-state index contributed by atoms with van der Waals surface area (Å²) in [6.45, 7) is 5.01. The first-order chi connectivity index (χ1) is 10.2. The number of rotatable bonds is 4. The fourth-order valence-electron chi connectivity index (χ4n) is 3.73. The molecule has 1 saturated heterocycles. The van der Waals surface area contributed by atoms with E-state index in [1.54, 1.807) is 6.33 Å². The summed E-state index contributed by atoms with van der Waals surface area (Å²) in [6.07, 6.45) is 9.28. The molecule has 1 aliphatic heterocycles. The third-order valence-corrected chi connectivity index (χ3v) is 4.98. The van der Waals surface area contributed by atoms with E-state index in [-0.39, 0.29) is 11.7 Å². The summed E-state index contributed by atoms with van der Waals surface area (Å²) in [6, 6.07) is 0. The molecule has 1 aromatic rings. The Labute approximate surface area is 126 Å². The molecule has 0 bridgehead atoms. The number of amides is 1. The van der Waals surface area contributed by atoms with Gasteiger partial charge >= 0.3 is 0 Å². The maximum absolute atomic E-state index is 13.0. The van der Waals surface area contributed by atoms with Crippen molar-refractivity contribution in [2.45, 2.75) is 70.5 Å². The molecule has 1 aromatic heterocycles. The van der Waals surface area contributed by atoms with Crippen LogP contribution >= 0.6 is 0 Å². The van der Waals surface area contributed by atoms with E-state index >= 15 is 0 Å². The summed E-state index contributed by atoms with van der Waals surface area (Å²) in [5, 5.41) is 3.65. The van der Waals surface area contributed by atoms with Crippen LogP contribution in [0.2, 0.25) is 0 Å². The minimum atomic E-state index is -0.331. The molecule has 5 nitrogen and oxygen atoms in total. The van der Waals surface area contributed by atoms with Crippen LogP contribution < -0.4 is 5.32 Å². The Morgan fingerprint density at radius 1 is 1.38 bits per heavy atom. The predicted octanol–water partition coefficient (Wildman–Crippen LogP) is 2.65. The molecule has 116 valence electrons. The summed E-state index contributed by atoms with van der Waals surface area (Å²) in [4.78, 5) is 22.7. The van der Waals surface area contributed by atoms with Gasteiger partial charge in [-0.25, -0.2) is 4.98 Å². The van der Waals surface area contributed by atoms with Gasteiger partial charge in [0.15, 0.2) is 0 Å². The molecule has 0 aromatic carbocycles. The van der Waals surface area contributed by atoms with E-state index in [9.17, 15) is 4.79 Å². The number of unbranched alkanes of at least 4 members (excludes halogenated alkanes) is 1. The Hall–Kier alpha value is -1.36.